The van der Waals surface area contributed by atoms with Crippen molar-refractivity contribution in [2.24, 2.45) is 0 Å². The van der Waals surface area contributed by atoms with Crippen molar-refractivity contribution in [2.75, 3.05) is 19.3 Å². The van der Waals surface area contributed by atoms with Crippen molar-refractivity contribution in [1.29, 1.82) is 0 Å². The highest BCUT2D eigenvalue weighted by atomic mass is 15.1. The van der Waals surface area contributed by atoms with Crippen LogP contribution >= 0.6 is 0 Å². The van der Waals surface area contributed by atoms with Gasteiger partial charge in [-0.3, -0.25) is 0 Å². The first-order chi connectivity index (χ1) is 11.7. The fraction of sp³-hybridized carbons (Fsp3) is 0.455. The molecule has 1 aliphatic rings. The van der Waals surface area contributed by atoms with Gasteiger partial charge in [-0.25, -0.2) is 0 Å². The van der Waals surface area contributed by atoms with Crippen LogP contribution in [0.4, 0.5) is 5.69 Å². The van der Waals surface area contributed by atoms with Gasteiger partial charge >= 0.3 is 0 Å². The highest BCUT2D eigenvalue weighted by Gasteiger charge is 2.24. The molecule has 0 heterocycles. The molecule has 2 N–H and O–H groups in total. The van der Waals surface area contributed by atoms with Crippen LogP contribution in [0.3, 0.4) is 0 Å². The van der Waals surface area contributed by atoms with Crippen molar-refractivity contribution in [3.05, 3.63) is 65.7 Å². The summed E-state index contributed by atoms with van der Waals surface area (Å²) in [6.45, 7) is 1.20. The monoisotopic (exact) mass is 322 g/mol. The van der Waals surface area contributed by atoms with Gasteiger partial charge in [-0.2, -0.15) is 0 Å². The molecule has 2 nitrogen and oxygen atoms in total. The van der Waals surface area contributed by atoms with E-state index in [0.29, 0.717) is 0 Å². The smallest absolute Gasteiger partial charge is 0.0314 e. The zero-order chi connectivity index (χ0) is 16.8. The van der Waals surface area contributed by atoms with Crippen LogP contribution in [-0.4, -0.2) is 24.5 Å². The van der Waals surface area contributed by atoms with E-state index < -0.39 is 0 Å². The van der Waals surface area contributed by atoms with Gasteiger partial charge in [0.1, 0.15) is 0 Å². The highest BCUT2D eigenvalue weighted by Crippen LogP contribution is 2.34. The van der Waals surface area contributed by atoms with E-state index in [-0.39, 0.29) is 0 Å². The van der Waals surface area contributed by atoms with Crippen LogP contribution in [0.25, 0.3) is 0 Å². The molecule has 0 unspecified atom stereocenters. The van der Waals surface area contributed by atoms with E-state index in [1.807, 2.05) is 12.1 Å². The third-order valence-electron chi connectivity index (χ3n) is 5.55. The molecule has 0 bridgehead atoms. The topological polar surface area (TPSA) is 29.3 Å². The molecule has 0 spiro atoms. The predicted molar refractivity (Wildman–Crippen MR) is 103 cm³/mol. The van der Waals surface area contributed by atoms with Crippen molar-refractivity contribution < 1.29 is 0 Å². The molecule has 128 valence electrons. The first kappa shape index (κ1) is 17.0. The number of aryl methyl sites for hydroxylation is 1. The summed E-state index contributed by atoms with van der Waals surface area (Å²) < 4.78 is 0. The van der Waals surface area contributed by atoms with Gasteiger partial charge in [0.25, 0.3) is 0 Å². The minimum Gasteiger partial charge on any atom is -0.399 e. The summed E-state index contributed by atoms with van der Waals surface area (Å²) in [5, 5.41) is 0. The molecule has 0 atom stereocenters. The molecule has 2 aromatic carbocycles. The summed E-state index contributed by atoms with van der Waals surface area (Å²) in [4.78, 5) is 2.59. The van der Waals surface area contributed by atoms with Crippen LogP contribution in [0.5, 0.6) is 0 Å². The predicted octanol–water partition coefficient (Wildman–Crippen LogP) is 4.86. The van der Waals surface area contributed by atoms with E-state index >= 15 is 0 Å². The van der Waals surface area contributed by atoms with E-state index in [4.69, 9.17) is 5.73 Å². The number of hydrogen-bond acceptors (Lipinski definition) is 2. The van der Waals surface area contributed by atoms with Gasteiger partial charge < -0.3 is 10.6 Å². The van der Waals surface area contributed by atoms with Gasteiger partial charge in [-0.15, -0.1) is 0 Å². The summed E-state index contributed by atoms with van der Waals surface area (Å²) >= 11 is 0. The molecule has 0 aromatic heterocycles. The Balaban J connectivity index is 1.41. The van der Waals surface area contributed by atoms with Crippen LogP contribution < -0.4 is 5.73 Å². The van der Waals surface area contributed by atoms with Crippen molar-refractivity contribution in [3.8, 4) is 0 Å². The summed E-state index contributed by atoms with van der Waals surface area (Å²) in [5.41, 5.74) is 9.59. The van der Waals surface area contributed by atoms with E-state index in [9.17, 15) is 0 Å². The standard InChI is InChI=1S/C22H30N2/c1-24(17-5-8-18-6-3-2-4-7-18)22-15-11-20(12-16-22)19-9-13-21(23)14-10-19/h2-4,6-7,9-10,13-14,20,22H,5,8,11-12,15-17,23H2,1H3. The van der Waals surface area contributed by atoms with Gasteiger partial charge in [-0.05, 0) is 81.3 Å². The molecular formula is C22H30N2. The Kier molecular flexibility index (Phi) is 5.92. The molecule has 1 saturated carbocycles. The van der Waals surface area contributed by atoms with Gasteiger partial charge in [0.2, 0.25) is 0 Å². The Bertz CT molecular complexity index is 598. The zero-order valence-electron chi connectivity index (χ0n) is 14.8. The lowest BCUT2D eigenvalue weighted by atomic mass is 9.81. The first-order valence-electron chi connectivity index (χ1n) is 9.32. The minimum absolute atomic E-state index is 0.722. The number of benzene rings is 2. The Labute approximate surface area is 146 Å². The summed E-state index contributed by atoms with van der Waals surface area (Å²) in [6, 6.07) is 20.1. The average molecular weight is 322 g/mol. The number of hydrogen-bond donors (Lipinski definition) is 1. The molecule has 0 aliphatic heterocycles. The molecule has 0 radical (unpaired) electrons. The molecule has 1 aliphatic carbocycles. The average Bonchev–Trinajstić information content (AvgIpc) is 2.63. The lowest BCUT2D eigenvalue weighted by Crippen LogP contribution is -2.35. The number of anilines is 1. The number of nitrogens with zero attached hydrogens (tertiary/aromatic N) is 1. The van der Waals surface area contributed by atoms with Crippen molar-refractivity contribution in [1.82, 2.24) is 4.90 Å². The second kappa shape index (κ2) is 8.34. The van der Waals surface area contributed by atoms with Crippen molar-refractivity contribution in [2.45, 2.75) is 50.5 Å². The Morgan fingerprint density at radius 2 is 1.58 bits per heavy atom. The maximum absolute atomic E-state index is 5.80. The number of rotatable bonds is 6. The Morgan fingerprint density at radius 3 is 2.25 bits per heavy atom. The van der Waals surface area contributed by atoms with Gasteiger partial charge in [-0.1, -0.05) is 42.5 Å². The maximum atomic E-state index is 5.80. The molecule has 0 amide bonds. The summed E-state index contributed by atoms with van der Waals surface area (Å²) in [7, 11) is 2.30. The van der Waals surface area contributed by atoms with Crippen LogP contribution in [0.2, 0.25) is 0 Å². The fourth-order valence-electron chi connectivity index (χ4n) is 3.98. The van der Waals surface area contributed by atoms with Crippen LogP contribution in [0.15, 0.2) is 54.6 Å². The molecule has 2 heteroatoms. The van der Waals surface area contributed by atoms with Gasteiger partial charge in [0.05, 0.1) is 0 Å². The molecule has 3 rings (SSSR count). The van der Waals surface area contributed by atoms with E-state index in [1.165, 1.54) is 56.2 Å². The normalized spacial score (nSPS) is 21.1. The van der Waals surface area contributed by atoms with E-state index in [0.717, 1.165) is 17.6 Å². The second-order valence-corrected chi connectivity index (χ2v) is 7.24. The van der Waals surface area contributed by atoms with Crippen LogP contribution in [-0.2, 0) is 6.42 Å². The number of nitrogen functional groups attached to an aromatic ring is 1. The maximum Gasteiger partial charge on any atom is 0.0314 e. The van der Waals surface area contributed by atoms with Crippen LogP contribution in [0.1, 0.15) is 49.1 Å². The summed E-state index contributed by atoms with van der Waals surface area (Å²) in [6.07, 6.45) is 7.67. The fourth-order valence-corrected chi connectivity index (χ4v) is 3.98. The van der Waals surface area contributed by atoms with Gasteiger partial charge in [0.15, 0.2) is 0 Å². The second-order valence-electron chi connectivity index (χ2n) is 7.24. The zero-order valence-corrected chi connectivity index (χ0v) is 14.8. The SMILES string of the molecule is CN(CCCc1ccccc1)C1CCC(c2ccc(N)cc2)CC1. The van der Waals surface area contributed by atoms with Gasteiger partial charge in [0, 0.05) is 11.7 Å². The largest absolute Gasteiger partial charge is 0.399 e. The lowest BCUT2D eigenvalue weighted by Gasteiger charge is -2.35. The van der Waals surface area contributed by atoms with E-state index in [1.54, 1.807) is 0 Å². The molecule has 1 fully saturated rings. The van der Waals surface area contributed by atoms with E-state index in [2.05, 4.69) is 54.4 Å². The molecule has 0 saturated heterocycles. The quantitative estimate of drug-likeness (QED) is 0.770. The minimum atomic E-state index is 0.722. The van der Waals surface area contributed by atoms with Crippen molar-refractivity contribution >= 4 is 5.69 Å². The molecular weight excluding hydrogens is 292 g/mol. The number of nitrogens with two attached hydrogens (primary N) is 1. The Hall–Kier alpha value is -1.80. The Morgan fingerprint density at radius 1 is 0.917 bits per heavy atom. The third kappa shape index (κ3) is 4.61. The lowest BCUT2D eigenvalue weighted by molar-refractivity contribution is 0.181. The molecule has 2 aromatic rings. The summed E-state index contributed by atoms with van der Waals surface area (Å²) in [5.74, 6) is 0.722. The third-order valence-corrected chi connectivity index (χ3v) is 5.55. The highest BCUT2D eigenvalue weighted by molar-refractivity contribution is 5.40. The molecule has 24 heavy (non-hydrogen) atoms. The van der Waals surface area contributed by atoms with Crippen molar-refractivity contribution in [3.63, 3.8) is 0 Å². The van der Waals surface area contributed by atoms with Crippen LogP contribution in [0, 0.1) is 0 Å². The first-order valence-corrected chi connectivity index (χ1v) is 9.32.